The second kappa shape index (κ2) is 9.35. The highest BCUT2D eigenvalue weighted by atomic mass is 28.4. The maximum absolute atomic E-state index is 10.9. The lowest BCUT2D eigenvalue weighted by molar-refractivity contribution is -0.109. The van der Waals surface area contributed by atoms with E-state index in [1.165, 1.54) is 0 Å². The van der Waals surface area contributed by atoms with Crippen molar-refractivity contribution in [1.29, 1.82) is 0 Å². The van der Waals surface area contributed by atoms with Crippen molar-refractivity contribution in [3.05, 3.63) is 29.8 Å². The van der Waals surface area contributed by atoms with Crippen LogP contribution in [0.2, 0.25) is 18.1 Å². The fourth-order valence-corrected chi connectivity index (χ4v) is 3.45. The Kier molecular flexibility index (Phi) is 8.13. The Morgan fingerprint density at radius 2 is 1.79 bits per heavy atom. The molecule has 1 atom stereocenters. The van der Waals surface area contributed by atoms with Crippen LogP contribution in [0, 0.1) is 0 Å². The summed E-state index contributed by atoms with van der Waals surface area (Å²) in [6.07, 6.45) is 2.06. The van der Waals surface area contributed by atoms with Crippen molar-refractivity contribution < 1.29 is 18.7 Å². The highest BCUT2D eigenvalue weighted by Gasteiger charge is 2.38. The van der Waals surface area contributed by atoms with E-state index in [-0.39, 0.29) is 11.1 Å². The molecule has 0 saturated heterocycles. The SMILES string of the molecule is COc1ccc(COCCC(CC=O)O[Si](C)(C)C(C)(C)C)cc1. The lowest BCUT2D eigenvalue weighted by Crippen LogP contribution is -2.44. The molecule has 1 aromatic rings. The first-order chi connectivity index (χ1) is 11.2. The maximum Gasteiger partial charge on any atom is 0.192 e. The quantitative estimate of drug-likeness (QED) is 0.351. The van der Waals surface area contributed by atoms with E-state index >= 15 is 0 Å². The summed E-state index contributed by atoms with van der Waals surface area (Å²) in [4.78, 5) is 10.9. The van der Waals surface area contributed by atoms with Crippen LogP contribution in [0.1, 0.15) is 39.2 Å². The minimum atomic E-state index is -1.87. The standard InChI is InChI=1S/C19H32O4Si/c1-19(2,3)24(5,6)23-18(11-13-20)12-14-22-15-16-7-9-17(21-4)10-8-16/h7-10,13,18H,11-12,14-15H2,1-6H3. The third-order valence-electron chi connectivity index (χ3n) is 4.64. The maximum atomic E-state index is 10.9. The zero-order valence-electron chi connectivity index (χ0n) is 15.9. The number of aldehydes is 1. The zero-order chi connectivity index (χ0) is 18.2. The molecule has 0 fully saturated rings. The average Bonchev–Trinajstić information content (AvgIpc) is 2.51. The Hall–Kier alpha value is -1.17. The number of ether oxygens (including phenoxy) is 2. The molecule has 1 unspecified atom stereocenters. The molecule has 0 saturated carbocycles. The summed E-state index contributed by atoms with van der Waals surface area (Å²) in [5.74, 6) is 0.840. The van der Waals surface area contributed by atoms with Gasteiger partial charge in [-0.15, -0.1) is 0 Å². The van der Waals surface area contributed by atoms with Crippen LogP contribution in [-0.2, 0) is 20.6 Å². The van der Waals surface area contributed by atoms with E-state index in [1.54, 1.807) is 7.11 Å². The van der Waals surface area contributed by atoms with Crippen molar-refractivity contribution in [1.82, 2.24) is 0 Å². The average molecular weight is 353 g/mol. The Bertz CT molecular complexity index is 491. The summed E-state index contributed by atoms with van der Waals surface area (Å²) in [6, 6.07) is 7.84. The Morgan fingerprint density at radius 1 is 1.17 bits per heavy atom. The van der Waals surface area contributed by atoms with Crippen LogP contribution in [0.25, 0.3) is 0 Å². The summed E-state index contributed by atoms with van der Waals surface area (Å²) in [6.45, 7) is 12.2. The predicted molar refractivity (Wildman–Crippen MR) is 100 cm³/mol. The Labute approximate surface area is 147 Å². The van der Waals surface area contributed by atoms with E-state index in [2.05, 4.69) is 33.9 Å². The van der Waals surface area contributed by atoms with Crippen molar-refractivity contribution >= 4 is 14.6 Å². The lowest BCUT2D eigenvalue weighted by atomic mass is 10.2. The molecule has 0 bridgehead atoms. The highest BCUT2D eigenvalue weighted by Crippen LogP contribution is 2.37. The molecule has 1 aromatic carbocycles. The number of carbonyl (C=O) groups is 1. The minimum absolute atomic E-state index is 0.0562. The van der Waals surface area contributed by atoms with E-state index in [0.717, 1.165) is 24.0 Å². The van der Waals surface area contributed by atoms with E-state index in [1.807, 2.05) is 24.3 Å². The molecule has 0 aliphatic rings. The number of hydrogen-bond acceptors (Lipinski definition) is 4. The molecule has 0 N–H and O–H groups in total. The van der Waals surface area contributed by atoms with Gasteiger partial charge in [0.1, 0.15) is 12.0 Å². The zero-order valence-corrected chi connectivity index (χ0v) is 16.9. The van der Waals surface area contributed by atoms with Crippen LogP contribution in [-0.4, -0.2) is 34.4 Å². The number of rotatable bonds is 10. The molecule has 136 valence electrons. The van der Waals surface area contributed by atoms with Crippen LogP contribution in [0.15, 0.2) is 24.3 Å². The van der Waals surface area contributed by atoms with Gasteiger partial charge in [0.2, 0.25) is 0 Å². The van der Waals surface area contributed by atoms with Gasteiger partial charge in [-0.25, -0.2) is 0 Å². The first-order valence-electron chi connectivity index (χ1n) is 8.51. The van der Waals surface area contributed by atoms with Crippen LogP contribution < -0.4 is 4.74 Å². The molecule has 1 rings (SSSR count). The van der Waals surface area contributed by atoms with Crippen LogP contribution in [0.4, 0.5) is 0 Å². The minimum Gasteiger partial charge on any atom is -0.497 e. The predicted octanol–water partition coefficient (Wildman–Crippen LogP) is 4.58. The molecule has 4 nitrogen and oxygen atoms in total. The second-order valence-electron chi connectivity index (χ2n) is 7.59. The van der Waals surface area contributed by atoms with Crippen molar-refractivity contribution in [2.24, 2.45) is 0 Å². The van der Waals surface area contributed by atoms with Crippen LogP contribution >= 0.6 is 0 Å². The highest BCUT2D eigenvalue weighted by molar-refractivity contribution is 6.74. The smallest absolute Gasteiger partial charge is 0.192 e. The van der Waals surface area contributed by atoms with Gasteiger partial charge in [0.15, 0.2) is 8.32 Å². The van der Waals surface area contributed by atoms with Gasteiger partial charge in [-0.3, -0.25) is 0 Å². The molecule has 24 heavy (non-hydrogen) atoms. The molecule has 0 aliphatic heterocycles. The summed E-state index contributed by atoms with van der Waals surface area (Å²) < 4.78 is 17.2. The number of methoxy groups -OCH3 is 1. The number of benzene rings is 1. The van der Waals surface area contributed by atoms with E-state index in [4.69, 9.17) is 13.9 Å². The topological polar surface area (TPSA) is 44.8 Å². The van der Waals surface area contributed by atoms with Gasteiger partial charge < -0.3 is 18.7 Å². The van der Waals surface area contributed by atoms with Gasteiger partial charge in [0.25, 0.3) is 0 Å². The third-order valence-corrected chi connectivity index (χ3v) is 9.17. The van der Waals surface area contributed by atoms with Gasteiger partial charge in [0, 0.05) is 13.0 Å². The van der Waals surface area contributed by atoms with Gasteiger partial charge in [-0.1, -0.05) is 32.9 Å². The van der Waals surface area contributed by atoms with E-state index in [0.29, 0.717) is 19.6 Å². The third kappa shape index (κ3) is 6.75. The van der Waals surface area contributed by atoms with Crippen molar-refractivity contribution in [2.75, 3.05) is 13.7 Å². The van der Waals surface area contributed by atoms with Gasteiger partial charge in [-0.2, -0.15) is 0 Å². The van der Waals surface area contributed by atoms with E-state index in [9.17, 15) is 4.79 Å². The fraction of sp³-hybridized carbons (Fsp3) is 0.632. The summed E-state index contributed by atoms with van der Waals surface area (Å²) in [5, 5.41) is 0.137. The van der Waals surface area contributed by atoms with Gasteiger partial charge >= 0.3 is 0 Å². The first kappa shape index (κ1) is 20.9. The fourth-order valence-electron chi connectivity index (χ4n) is 2.05. The normalized spacial score (nSPS) is 13.6. The summed E-state index contributed by atoms with van der Waals surface area (Å²) >= 11 is 0. The molecular weight excluding hydrogens is 320 g/mol. The molecule has 5 heteroatoms. The lowest BCUT2D eigenvalue weighted by Gasteiger charge is -2.39. The number of hydrogen-bond donors (Lipinski definition) is 0. The molecule has 0 heterocycles. The number of carbonyl (C=O) groups excluding carboxylic acids is 1. The van der Waals surface area contributed by atoms with Crippen LogP contribution in [0.3, 0.4) is 0 Å². The molecule has 0 radical (unpaired) electrons. The van der Waals surface area contributed by atoms with Crippen molar-refractivity contribution in [3.63, 3.8) is 0 Å². The van der Waals surface area contributed by atoms with Crippen molar-refractivity contribution in [2.45, 2.75) is 64.5 Å². The Morgan fingerprint density at radius 3 is 2.29 bits per heavy atom. The molecule has 0 spiro atoms. The van der Waals surface area contributed by atoms with Gasteiger partial charge in [0.05, 0.1) is 19.8 Å². The first-order valence-corrected chi connectivity index (χ1v) is 11.4. The van der Waals surface area contributed by atoms with Gasteiger partial charge in [-0.05, 0) is 42.2 Å². The van der Waals surface area contributed by atoms with Crippen LogP contribution in [0.5, 0.6) is 5.75 Å². The molecule has 0 aromatic heterocycles. The molecule has 0 amide bonds. The van der Waals surface area contributed by atoms with Crippen molar-refractivity contribution in [3.8, 4) is 5.75 Å². The monoisotopic (exact) mass is 352 g/mol. The summed E-state index contributed by atoms with van der Waals surface area (Å²) in [5.41, 5.74) is 1.10. The Balaban J connectivity index is 2.44. The summed E-state index contributed by atoms with van der Waals surface area (Å²) in [7, 11) is -0.214. The van der Waals surface area contributed by atoms with E-state index < -0.39 is 8.32 Å². The largest absolute Gasteiger partial charge is 0.497 e. The molecular formula is C19H32O4Si. The second-order valence-corrected chi connectivity index (χ2v) is 12.3. The molecule has 0 aliphatic carbocycles.